The molecule has 0 aliphatic carbocycles. The van der Waals surface area contributed by atoms with Crippen molar-refractivity contribution in [2.45, 2.75) is 39.3 Å². The van der Waals surface area contributed by atoms with Crippen LogP contribution < -0.4 is 10.6 Å². The highest BCUT2D eigenvalue weighted by atomic mass is 15.1. The highest BCUT2D eigenvalue weighted by molar-refractivity contribution is 5.25. The van der Waals surface area contributed by atoms with Crippen molar-refractivity contribution < 1.29 is 0 Å². The van der Waals surface area contributed by atoms with Crippen LogP contribution in [0.15, 0.2) is 30.3 Å². The van der Waals surface area contributed by atoms with Crippen LogP contribution in [0.3, 0.4) is 0 Å². The molecule has 94 valence electrons. The third-order valence-corrected chi connectivity index (χ3v) is 3.85. The molecule has 0 aromatic heterocycles. The second kappa shape index (κ2) is 4.43. The summed E-state index contributed by atoms with van der Waals surface area (Å²) < 4.78 is 0. The lowest BCUT2D eigenvalue weighted by Crippen LogP contribution is -2.62. The Morgan fingerprint density at radius 2 is 1.82 bits per heavy atom. The van der Waals surface area contributed by atoms with Gasteiger partial charge in [-0.2, -0.15) is 0 Å². The Morgan fingerprint density at radius 3 is 2.29 bits per heavy atom. The number of hydrogen-bond acceptors (Lipinski definition) is 2. The first-order valence-electron chi connectivity index (χ1n) is 6.46. The molecule has 0 spiro atoms. The zero-order valence-corrected chi connectivity index (χ0v) is 11.4. The summed E-state index contributed by atoms with van der Waals surface area (Å²) in [6.07, 6.45) is 0. The van der Waals surface area contributed by atoms with Crippen molar-refractivity contribution in [2.24, 2.45) is 5.41 Å². The van der Waals surface area contributed by atoms with E-state index in [1.54, 1.807) is 0 Å². The predicted molar refractivity (Wildman–Crippen MR) is 73.0 cm³/mol. The van der Waals surface area contributed by atoms with Crippen LogP contribution in [0.25, 0.3) is 0 Å². The summed E-state index contributed by atoms with van der Waals surface area (Å²) in [5, 5.41) is 7.39. The minimum Gasteiger partial charge on any atom is -0.310 e. The molecular weight excluding hydrogens is 208 g/mol. The molecule has 2 atom stereocenters. The largest absolute Gasteiger partial charge is 0.310 e. The quantitative estimate of drug-likeness (QED) is 0.777. The van der Waals surface area contributed by atoms with E-state index in [-0.39, 0.29) is 5.54 Å². The Morgan fingerprint density at radius 1 is 1.18 bits per heavy atom. The van der Waals surface area contributed by atoms with Crippen LogP contribution in [0.2, 0.25) is 0 Å². The Labute approximate surface area is 105 Å². The topological polar surface area (TPSA) is 24.1 Å². The molecule has 1 aliphatic rings. The van der Waals surface area contributed by atoms with E-state index in [1.165, 1.54) is 5.56 Å². The van der Waals surface area contributed by atoms with Gasteiger partial charge >= 0.3 is 0 Å². The van der Waals surface area contributed by atoms with Crippen molar-refractivity contribution in [2.75, 3.05) is 13.1 Å². The SMILES string of the molecule is CC1(c2ccccc2)CNC(C(C)(C)C)CN1. The van der Waals surface area contributed by atoms with E-state index in [1.807, 2.05) is 0 Å². The zero-order chi connectivity index (χ0) is 12.5. The smallest absolute Gasteiger partial charge is 0.0533 e. The first kappa shape index (κ1) is 12.6. The van der Waals surface area contributed by atoms with Gasteiger partial charge in [0.2, 0.25) is 0 Å². The number of piperazine rings is 1. The van der Waals surface area contributed by atoms with Gasteiger partial charge in [0.25, 0.3) is 0 Å². The van der Waals surface area contributed by atoms with Crippen LogP contribution in [-0.2, 0) is 5.54 Å². The van der Waals surface area contributed by atoms with Gasteiger partial charge in [0.1, 0.15) is 0 Å². The maximum absolute atomic E-state index is 3.71. The van der Waals surface area contributed by atoms with Gasteiger partial charge in [-0.05, 0) is 17.9 Å². The fraction of sp³-hybridized carbons (Fsp3) is 0.600. The van der Waals surface area contributed by atoms with E-state index < -0.39 is 0 Å². The third kappa shape index (κ3) is 2.70. The molecule has 0 amide bonds. The maximum atomic E-state index is 3.71. The Kier molecular flexibility index (Phi) is 3.28. The molecule has 0 bridgehead atoms. The van der Waals surface area contributed by atoms with Crippen molar-refractivity contribution in [3.8, 4) is 0 Å². The molecule has 2 unspecified atom stereocenters. The number of nitrogens with one attached hydrogen (secondary N) is 2. The highest BCUT2D eigenvalue weighted by Gasteiger charge is 2.35. The molecule has 1 aromatic rings. The molecule has 2 nitrogen and oxygen atoms in total. The van der Waals surface area contributed by atoms with E-state index >= 15 is 0 Å². The van der Waals surface area contributed by atoms with E-state index in [9.17, 15) is 0 Å². The van der Waals surface area contributed by atoms with Crippen LogP contribution in [-0.4, -0.2) is 19.1 Å². The highest BCUT2D eigenvalue weighted by Crippen LogP contribution is 2.27. The molecule has 0 saturated carbocycles. The Bertz CT molecular complexity index is 356. The number of benzene rings is 1. The average Bonchev–Trinajstić information content (AvgIpc) is 2.29. The van der Waals surface area contributed by atoms with Crippen LogP contribution in [0.5, 0.6) is 0 Å². The lowest BCUT2D eigenvalue weighted by atomic mass is 9.82. The fourth-order valence-electron chi connectivity index (χ4n) is 2.41. The normalized spacial score (nSPS) is 30.2. The standard InChI is InChI=1S/C15H24N2/c1-14(2,3)13-10-17-15(4,11-16-13)12-8-6-5-7-9-12/h5-9,13,16-17H,10-11H2,1-4H3. The minimum absolute atomic E-state index is 0.0585. The van der Waals surface area contributed by atoms with Crippen molar-refractivity contribution in [3.05, 3.63) is 35.9 Å². The molecule has 1 aromatic carbocycles. The van der Waals surface area contributed by atoms with Gasteiger partial charge in [-0.25, -0.2) is 0 Å². The third-order valence-electron chi connectivity index (χ3n) is 3.85. The Balaban J connectivity index is 2.08. The van der Waals surface area contributed by atoms with E-state index in [4.69, 9.17) is 0 Å². The van der Waals surface area contributed by atoms with Crippen molar-refractivity contribution >= 4 is 0 Å². The van der Waals surface area contributed by atoms with Crippen LogP contribution in [0.4, 0.5) is 0 Å². The lowest BCUT2D eigenvalue weighted by molar-refractivity contribution is 0.173. The molecule has 2 heteroatoms. The van der Waals surface area contributed by atoms with Crippen molar-refractivity contribution in [1.82, 2.24) is 10.6 Å². The summed E-state index contributed by atoms with van der Waals surface area (Å²) in [6.45, 7) is 11.1. The zero-order valence-electron chi connectivity index (χ0n) is 11.4. The summed E-state index contributed by atoms with van der Waals surface area (Å²) >= 11 is 0. The van der Waals surface area contributed by atoms with Crippen LogP contribution in [0.1, 0.15) is 33.3 Å². The number of hydrogen-bond donors (Lipinski definition) is 2. The molecule has 1 aliphatic heterocycles. The van der Waals surface area contributed by atoms with Gasteiger partial charge in [0.05, 0.1) is 5.54 Å². The Hall–Kier alpha value is -0.860. The maximum Gasteiger partial charge on any atom is 0.0533 e. The van der Waals surface area contributed by atoms with Gasteiger partial charge in [-0.1, -0.05) is 51.1 Å². The summed E-state index contributed by atoms with van der Waals surface area (Å²) in [7, 11) is 0. The molecular formula is C15H24N2. The van der Waals surface area contributed by atoms with E-state index in [0.717, 1.165) is 13.1 Å². The van der Waals surface area contributed by atoms with Crippen LogP contribution >= 0.6 is 0 Å². The monoisotopic (exact) mass is 232 g/mol. The summed E-state index contributed by atoms with van der Waals surface area (Å²) in [5.74, 6) is 0. The van der Waals surface area contributed by atoms with Gasteiger partial charge in [0.15, 0.2) is 0 Å². The molecule has 1 heterocycles. The van der Waals surface area contributed by atoms with E-state index in [2.05, 4.69) is 68.7 Å². The second-order valence-corrected chi connectivity index (χ2v) is 6.38. The first-order valence-corrected chi connectivity index (χ1v) is 6.46. The summed E-state index contributed by atoms with van der Waals surface area (Å²) in [5.41, 5.74) is 1.73. The predicted octanol–water partition coefficient (Wildman–Crippen LogP) is 2.51. The van der Waals surface area contributed by atoms with Gasteiger partial charge in [-0.15, -0.1) is 0 Å². The molecule has 2 rings (SSSR count). The minimum atomic E-state index is 0.0585. The number of rotatable bonds is 1. The molecule has 0 radical (unpaired) electrons. The van der Waals surface area contributed by atoms with Crippen molar-refractivity contribution in [3.63, 3.8) is 0 Å². The average molecular weight is 232 g/mol. The van der Waals surface area contributed by atoms with Gasteiger partial charge in [-0.3, -0.25) is 0 Å². The first-order chi connectivity index (χ1) is 7.92. The van der Waals surface area contributed by atoms with Crippen molar-refractivity contribution in [1.29, 1.82) is 0 Å². The lowest BCUT2D eigenvalue weighted by Gasteiger charge is -2.44. The molecule has 17 heavy (non-hydrogen) atoms. The van der Waals surface area contributed by atoms with E-state index in [0.29, 0.717) is 11.5 Å². The second-order valence-electron chi connectivity index (χ2n) is 6.38. The molecule has 2 N–H and O–H groups in total. The molecule has 1 saturated heterocycles. The fourth-order valence-corrected chi connectivity index (χ4v) is 2.41. The molecule has 1 fully saturated rings. The van der Waals surface area contributed by atoms with Gasteiger partial charge in [0, 0.05) is 19.1 Å². The summed E-state index contributed by atoms with van der Waals surface area (Å²) in [6, 6.07) is 11.2. The van der Waals surface area contributed by atoms with Gasteiger partial charge < -0.3 is 10.6 Å². The summed E-state index contributed by atoms with van der Waals surface area (Å²) in [4.78, 5) is 0. The van der Waals surface area contributed by atoms with Crippen LogP contribution in [0, 0.1) is 5.41 Å².